The molecule has 3 rings (SSSR count). The van der Waals surface area contributed by atoms with Crippen LogP contribution in [0.4, 0.5) is 0 Å². The molecule has 0 saturated carbocycles. The van der Waals surface area contributed by atoms with Gasteiger partial charge in [-0.25, -0.2) is 0 Å². The molecular weight excluding hydrogens is 366 g/mol. The van der Waals surface area contributed by atoms with Gasteiger partial charge < -0.3 is 9.16 Å². The highest BCUT2D eigenvalue weighted by Gasteiger charge is 2.50. The highest BCUT2D eigenvalue weighted by atomic mass is 28.4. The fraction of sp³-hybridized carbons (Fsp3) is 0.696. The number of piperidine rings is 1. The Kier molecular flexibility index (Phi) is 6.37. The molecule has 2 fully saturated rings. The molecule has 2 aliphatic rings. The van der Waals surface area contributed by atoms with Gasteiger partial charge in [0.05, 0.1) is 5.41 Å². The van der Waals surface area contributed by atoms with Crippen molar-refractivity contribution in [2.45, 2.75) is 77.2 Å². The van der Waals surface area contributed by atoms with E-state index in [1.165, 1.54) is 5.56 Å². The predicted octanol–water partition coefficient (Wildman–Crippen LogP) is 5.00. The van der Waals surface area contributed by atoms with E-state index in [-0.39, 0.29) is 22.5 Å². The molecular formula is C23H37NO3Si. The summed E-state index contributed by atoms with van der Waals surface area (Å²) in [6.07, 6.45) is 3.55. The molecule has 2 saturated heterocycles. The summed E-state index contributed by atoms with van der Waals surface area (Å²) in [5.41, 5.74) is 1.09. The third-order valence-electron chi connectivity index (χ3n) is 7.10. The summed E-state index contributed by atoms with van der Waals surface area (Å²) in [4.78, 5) is 15.1. The summed E-state index contributed by atoms with van der Waals surface area (Å²) in [7, 11) is -1.74. The number of benzene rings is 1. The van der Waals surface area contributed by atoms with Gasteiger partial charge >= 0.3 is 5.97 Å². The molecule has 0 unspecified atom stereocenters. The molecule has 28 heavy (non-hydrogen) atoms. The van der Waals surface area contributed by atoms with Crippen molar-refractivity contribution in [1.82, 2.24) is 4.90 Å². The number of nitrogens with zero attached hydrogens (tertiary/aromatic N) is 1. The molecule has 4 nitrogen and oxygen atoms in total. The quantitative estimate of drug-likeness (QED) is 0.495. The number of esters is 1. The first-order chi connectivity index (χ1) is 13.1. The second-order valence-electron chi connectivity index (χ2n) is 10.2. The van der Waals surface area contributed by atoms with Gasteiger partial charge in [-0.2, -0.15) is 0 Å². The van der Waals surface area contributed by atoms with E-state index in [0.717, 1.165) is 45.3 Å². The van der Waals surface area contributed by atoms with Crippen LogP contribution in [-0.4, -0.2) is 45.0 Å². The van der Waals surface area contributed by atoms with Gasteiger partial charge in [0, 0.05) is 26.0 Å². The Morgan fingerprint density at radius 3 is 2.43 bits per heavy atom. The SMILES string of the molecule is CC(C)(C)[Si](C)(C)OCC[C@@H]1CC2(CCN(Cc3ccccc3)CC2)C(=O)O1. The van der Waals surface area contributed by atoms with E-state index in [2.05, 4.69) is 69.1 Å². The first-order valence-electron chi connectivity index (χ1n) is 10.7. The van der Waals surface area contributed by atoms with Crippen LogP contribution in [0.3, 0.4) is 0 Å². The van der Waals surface area contributed by atoms with Gasteiger partial charge in [-0.3, -0.25) is 9.69 Å². The van der Waals surface area contributed by atoms with E-state index in [0.29, 0.717) is 6.61 Å². The molecule has 0 aliphatic carbocycles. The summed E-state index contributed by atoms with van der Waals surface area (Å²) in [5, 5.41) is 0.214. The van der Waals surface area contributed by atoms with Gasteiger partial charge in [-0.15, -0.1) is 0 Å². The average Bonchev–Trinajstić information content (AvgIpc) is 2.92. The monoisotopic (exact) mass is 403 g/mol. The summed E-state index contributed by atoms with van der Waals surface area (Å²) in [5.74, 6) is 0.0317. The first kappa shape index (κ1) is 21.5. The van der Waals surface area contributed by atoms with Crippen LogP contribution < -0.4 is 0 Å². The van der Waals surface area contributed by atoms with E-state index < -0.39 is 8.32 Å². The van der Waals surface area contributed by atoms with Gasteiger partial charge in [-0.05, 0) is 49.6 Å². The maximum Gasteiger partial charge on any atom is 0.312 e. The number of ether oxygens (including phenoxy) is 1. The lowest BCUT2D eigenvalue weighted by Gasteiger charge is -2.37. The lowest BCUT2D eigenvalue weighted by atomic mass is 9.75. The van der Waals surface area contributed by atoms with Crippen LogP contribution in [-0.2, 0) is 20.5 Å². The number of rotatable bonds is 6. The topological polar surface area (TPSA) is 38.8 Å². The van der Waals surface area contributed by atoms with Crippen molar-refractivity contribution in [3.05, 3.63) is 35.9 Å². The third-order valence-corrected chi connectivity index (χ3v) is 11.6. The molecule has 0 bridgehead atoms. The molecule has 1 aromatic rings. The average molecular weight is 404 g/mol. The Hall–Kier alpha value is -1.17. The molecule has 0 aromatic heterocycles. The maximum absolute atomic E-state index is 12.7. The van der Waals surface area contributed by atoms with E-state index in [1.54, 1.807) is 0 Å². The molecule has 2 heterocycles. The van der Waals surface area contributed by atoms with Gasteiger partial charge in [0.1, 0.15) is 6.10 Å². The van der Waals surface area contributed by atoms with Crippen LogP contribution in [0, 0.1) is 5.41 Å². The third kappa shape index (κ3) is 4.86. The Labute approximate surface area is 171 Å². The molecule has 0 N–H and O–H groups in total. The molecule has 0 amide bonds. The van der Waals surface area contributed by atoms with Crippen molar-refractivity contribution in [2.75, 3.05) is 19.7 Å². The lowest BCUT2D eigenvalue weighted by Crippen LogP contribution is -2.42. The minimum Gasteiger partial charge on any atom is -0.462 e. The van der Waals surface area contributed by atoms with Crippen LogP contribution >= 0.6 is 0 Å². The Morgan fingerprint density at radius 1 is 1.18 bits per heavy atom. The zero-order chi connectivity index (χ0) is 20.4. The highest BCUT2D eigenvalue weighted by molar-refractivity contribution is 6.74. The van der Waals surface area contributed by atoms with Crippen molar-refractivity contribution in [2.24, 2.45) is 5.41 Å². The van der Waals surface area contributed by atoms with Crippen molar-refractivity contribution < 1.29 is 14.0 Å². The normalized spacial score (nSPS) is 23.2. The zero-order valence-corrected chi connectivity index (χ0v) is 19.3. The highest BCUT2D eigenvalue weighted by Crippen LogP contribution is 2.44. The van der Waals surface area contributed by atoms with E-state index >= 15 is 0 Å². The standard InChI is InChI=1S/C23H37NO3Si/c1-22(2,3)28(4,5)26-16-11-20-17-23(21(25)27-20)12-14-24(15-13-23)18-19-9-7-6-8-10-19/h6-10,20H,11-18H2,1-5H3/t20-/m1/s1. The number of hydrogen-bond donors (Lipinski definition) is 0. The summed E-state index contributed by atoms with van der Waals surface area (Å²) in [6.45, 7) is 14.9. The lowest BCUT2D eigenvalue weighted by molar-refractivity contribution is -0.151. The second kappa shape index (κ2) is 8.29. The minimum absolute atomic E-state index is 0.0259. The maximum atomic E-state index is 12.7. The summed E-state index contributed by atoms with van der Waals surface area (Å²) in [6, 6.07) is 10.6. The Balaban J connectivity index is 1.47. The molecule has 2 aliphatic heterocycles. The largest absolute Gasteiger partial charge is 0.462 e. The number of likely N-dealkylation sites (tertiary alicyclic amines) is 1. The predicted molar refractivity (Wildman–Crippen MR) is 116 cm³/mol. The van der Waals surface area contributed by atoms with E-state index in [1.807, 2.05) is 0 Å². The van der Waals surface area contributed by atoms with Crippen molar-refractivity contribution in [3.8, 4) is 0 Å². The molecule has 0 radical (unpaired) electrons. The van der Waals surface area contributed by atoms with Crippen LogP contribution in [0.25, 0.3) is 0 Å². The summed E-state index contributed by atoms with van der Waals surface area (Å²) >= 11 is 0. The van der Waals surface area contributed by atoms with Crippen molar-refractivity contribution >= 4 is 14.3 Å². The van der Waals surface area contributed by atoms with Gasteiger partial charge in [0.2, 0.25) is 0 Å². The molecule has 1 aromatic carbocycles. The van der Waals surface area contributed by atoms with Crippen molar-refractivity contribution in [1.29, 1.82) is 0 Å². The van der Waals surface area contributed by atoms with Crippen LogP contribution in [0.2, 0.25) is 18.1 Å². The fourth-order valence-corrected chi connectivity index (χ4v) is 5.11. The number of cyclic esters (lactones) is 1. The smallest absolute Gasteiger partial charge is 0.312 e. The Morgan fingerprint density at radius 2 is 1.82 bits per heavy atom. The number of carbonyl (C=O) groups excluding carboxylic acids is 1. The van der Waals surface area contributed by atoms with Crippen LogP contribution in [0.5, 0.6) is 0 Å². The van der Waals surface area contributed by atoms with Gasteiger partial charge in [-0.1, -0.05) is 51.1 Å². The fourth-order valence-electron chi connectivity index (χ4n) is 4.05. The molecule has 1 spiro atoms. The van der Waals surface area contributed by atoms with Crippen molar-refractivity contribution in [3.63, 3.8) is 0 Å². The molecule has 5 heteroatoms. The minimum atomic E-state index is -1.74. The summed E-state index contributed by atoms with van der Waals surface area (Å²) < 4.78 is 12.1. The number of hydrogen-bond acceptors (Lipinski definition) is 4. The van der Waals surface area contributed by atoms with E-state index in [9.17, 15) is 4.79 Å². The number of carbonyl (C=O) groups is 1. The van der Waals surface area contributed by atoms with E-state index in [4.69, 9.17) is 9.16 Å². The zero-order valence-electron chi connectivity index (χ0n) is 18.3. The van der Waals surface area contributed by atoms with Crippen LogP contribution in [0.1, 0.15) is 52.0 Å². The molecule has 156 valence electrons. The van der Waals surface area contributed by atoms with Crippen LogP contribution in [0.15, 0.2) is 30.3 Å². The first-order valence-corrected chi connectivity index (χ1v) is 13.6. The molecule has 1 atom stereocenters. The van der Waals surface area contributed by atoms with Gasteiger partial charge in [0.25, 0.3) is 0 Å². The van der Waals surface area contributed by atoms with Gasteiger partial charge in [0.15, 0.2) is 8.32 Å². The Bertz CT molecular complexity index is 660. The second-order valence-corrected chi connectivity index (χ2v) is 15.0.